The highest BCUT2D eigenvalue weighted by Gasteiger charge is 2.09. The van der Waals surface area contributed by atoms with Crippen LogP contribution in [-0.2, 0) is 0 Å². The first-order chi connectivity index (χ1) is 8.13. The Hall–Kier alpha value is -1.58. The molecule has 0 aliphatic rings. The molecule has 1 rings (SSSR count). The molecule has 3 N–H and O–H groups in total. The normalized spacial score (nSPS) is 12.1. The lowest BCUT2D eigenvalue weighted by Gasteiger charge is -2.13. The van der Waals surface area contributed by atoms with Crippen molar-refractivity contribution in [3.05, 3.63) is 23.9 Å². The summed E-state index contributed by atoms with van der Waals surface area (Å²) in [4.78, 5) is 15.7. The van der Waals surface area contributed by atoms with Crippen molar-refractivity contribution in [3.8, 4) is 0 Å². The van der Waals surface area contributed by atoms with Crippen molar-refractivity contribution in [3.63, 3.8) is 0 Å². The van der Waals surface area contributed by atoms with E-state index < -0.39 is 0 Å². The zero-order chi connectivity index (χ0) is 12.7. The zero-order valence-corrected chi connectivity index (χ0v) is 10.6. The van der Waals surface area contributed by atoms with Crippen molar-refractivity contribution < 1.29 is 4.79 Å². The van der Waals surface area contributed by atoms with Crippen molar-refractivity contribution in [2.45, 2.75) is 45.6 Å². The third kappa shape index (κ3) is 4.85. The second-order valence-corrected chi connectivity index (χ2v) is 4.34. The summed E-state index contributed by atoms with van der Waals surface area (Å²) in [6.45, 7) is 4.20. The molecule has 0 spiro atoms. The van der Waals surface area contributed by atoms with Gasteiger partial charge in [0.15, 0.2) is 0 Å². The second-order valence-electron chi connectivity index (χ2n) is 4.34. The Morgan fingerprint density at radius 2 is 2.29 bits per heavy atom. The van der Waals surface area contributed by atoms with Crippen LogP contribution in [0.25, 0.3) is 0 Å². The Labute approximate surface area is 103 Å². The fourth-order valence-corrected chi connectivity index (χ4v) is 1.67. The number of carbonyl (C=O) groups excluding carboxylic acids is 1. The Morgan fingerprint density at radius 1 is 1.53 bits per heavy atom. The van der Waals surface area contributed by atoms with Gasteiger partial charge in [-0.25, -0.2) is 4.98 Å². The van der Waals surface area contributed by atoms with Gasteiger partial charge in [0.05, 0.1) is 0 Å². The Morgan fingerprint density at radius 3 is 2.94 bits per heavy atom. The monoisotopic (exact) mass is 235 g/mol. The van der Waals surface area contributed by atoms with Crippen molar-refractivity contribution in [1.82, 2.24) is 10.3 Å². The molecule has 17 heavy (non-hydrogen) atoms. The molecule has 0 saturated carbocycles. The van der Waals surface area contributed by atoms with Crippen LogP contribution < -0.4 is 11.1 Å². The SMILES string of the molecule is CCCCCC(C)NC(=O)c1ccnc(N)c1. The number of nitrogens with one attached hydrogen (secondary N) is 1. The zero-order valence-electron chi connectivity index (χ0n) is 10.6. The van der Waals surface area contributed by atoms with Gasteiger partial charge in [-0.2, -0.15) is 0 Å². The second kappa shape index (κ2) is 6.89. The van der Waals surface area contributed by atoms with E-state index in [1.54, 1.807) is 18.3 Å². The molecule has 1 atom stereocenters. The maximum atomic E-state index is 11.8. The summed E-state index contributed by atoms with van der Waals surface area (Å²) in [5.41, 5.74) is 6.10. The van der Waals surface area contributed by atoms with Crippen LogP contribution in [0.4, 0.5) is 5.82 Å². The summed E-state index contributed by atoms with van der Waals surface area (Å²) in [5.74, 6) is 0.291. The van der Waals surface area contributed by atoms with Crippen molar-refractivity contribution in [2.24, 2.45) is 0 Å². The fourth-order valence-electron chi connectivity index (χ4n) is 1.67. The number of amides is 1. The van der Waals surface area contributed by atoms with Crippen LogP contribution in [-0.4, -0.2) is 16.9 Å². The van der Waals surface area contributed by atoms with Crippen molar-refractivity contribution in [2.75, 3.05) is 5.73 Å². The van der Waals surface area contributed by atoms with Crippen LogP contribution in [0.3, 0.4) is 0 Å². The minimum absolute atomic E-state index is 0.0805. The average Bonchev–Trinajstić information content (AvgIpc) is 2.29. The number of nitrogen functional groups attached to an aromatic ring is 1. The number of nitrogens with zero attached hydrogens (tertiary/aromatic N) is 1. The van der Waals surface area contributed by atoms with Gasteiger partial charge in [-0.3, -0.25) is 4.79 Å². The molecule has 1 aromatic heterocycles. The summed E-state index contributed by atoms with van der Waals surface area (Å²) in [7, 11) is 0. The molecule has 1 amide bonds. The molecule has 0 saturated heterocycles. The topological polar surface area (TPSA) is 68.0 Å². The lowest BCUT2D eigenvalue weighted by atomic mass is 10.1. The van der Waals surface area contributed by atoms with E-state index in [0.29, 0.717) is 11.4 Å². The first kappa shape index (κ1) is 13.5. The third-order valence-corrected chi connectivity index (χ3v) is 2.66. The Balaban J connectivity index is 2.43. The van der Waals surface area contributed by atoms with E-state index in [4.69, 9.17) is 5.73 Å². The predicted octanol–water partition coefficient (Wildman–Crippen LogP) is 2.36. The third-order valence-electron chi connectivity index (χ3n) is 2.66. The molecule has 1 heterocycles. The van der Waals surface area contributed by atoms with Gasteiger partial charge in [-0.1, -0.05) is 26.2 Å². The van der Waals surface area contributed by atoms with Gasteiger partial charge in [-0.15, -0.1) is 0 Å². The van der Waals surface area contributed by atoms with E-state index in [0.717, 1.165) is 12.8 Å². The molecule has 1 unspecified atom stereocenters. The Kier molecular flexibility index (Phi) is 5.46. The molecule has 0 bridgehead atoms. The number of rotatable bonds is 6. The number of carbonyl (C=O) groups is 1. The van der Waals surface area contributed by atoms with Gasteiger partial charge < -0.3 is 11.1 Å². The molecular weight excluding hydrogens is 214 g/mol. The summed E-state index contributed by atoms with van der Waals surface area (Å²) in [6, 6.07) is 3.46. The maximum absolute atomic E-state index is 11.8. The van der Waals surface area contributed by atoms with Gasteiger partial charge >= 0.3 is 0 Å². The molecule has 0 aliphatic carbocycles. The van der Waals surface area contributed by atoms with Gasteiger partial charge in [0.2, 0.25) is 0 Å². The van der Waals surface area contributed by atoms with Crippen molar-refractivity contribution in [1.29, 1.82) is 0 Å². The highest BCUT2D eigenvalue weighted by Crippen LogP contribution is 2.06. The van der Waals surface area contributed by atoms with Crippen LogP contribution in [0.5, 0.6) is 0 Å². The molecule has 0 radical (unpaired) electrons. The van der Waals surface area contributed by atoms with E-state index in [2.05, 4.69) is 17.2 Å². The van der Waals surface area contributed by atoms with Gasteiger partial charge in [0.25, 0.3) is 5.91 Å². The van der Waals surface area contributed by atoms with Crippen LogP contribution in [0, 0.1) is 0 Å². The minimum atomic E-state index is -0.0805. The molecule has 1 aromatic rings. The summed E-state index contributed by atoms with van der Waals surface area (Å²) in [6.07, 6.45) is 6.12. The number of anilines is 1. The highest BCUT2D eigenvalue weighted by atomic mass is 16.1. The maximum Gasteiger partial charge on any atom is 0.251 e. The van der Waals surface area contributed by atoms with E-state index in [9.17, 15) is 4.79 Å². The van der Waals surface area contributed by atoms with Gasteiger partial charge in [0, 0.05) is 17.8 Å². The minimum Gasteiger partial charge on any atom is -0.384 e. The highest BCUT2D eigenvalue weighted by molar-refractivity contribution is 5.94. The molecule has 4 heteroatoms. The van der Waals surface area contributed by atoms with E-state index in [1.165, 1.54) is 12.8 Å². The summed E-state index contributed by atoms with van der Waals surface area (Å²) < 4.78 is 0. The molecule has 0 aromatic carbocycles. The van der Waals surface area contributed by atoms with Crippen molar-refractivity contribution >= 4 is 11.7 Å². The molecule has 0 aliphatic heterocycles. The molecular formula is C13H21N3O. The number of hydrogen-bond donors (Lipinski definition) is 2. The van der Waals surface area contributed by atoms with E-state index in [1.807, 2.05) is 6.92 Å². The number of aromatic nitrogens is 1. The average molecular weight is 235 g/mol. The van der Waals surface area contributed by atoms with E-state index in [-0.39, 0.29) is 11.9 Å². The predicted molar refractivity (Wildman–Crippen MR) is 69.7 cm³/mol. The van der Waals surface area contributed by atoms with Crippen LogP contribution in [0.15, 0.2) is 18.3 Å². The number of unbranched alkanes of at least 4 members (excludes halogenated alkanes) is 2. The lowest BCUT2D eigenvalue weighted by Crippen LogP contribution is -2.32. The van der Waals surface area contributed by atoms with Crippen LogP contribution in [0.1, 0.15) is 49.9 Å². The van der Waals surface area contributed by atoms with Gasteiger partial charge in [0.1, 0.15) is 5.82 Å². The quantitative estimate of drug-likeness (QED) is 0.744. The number of nitrogens with two attached hydrogens (primary N) is 1. The van der Waals surface area contributed by atoms with Crippen LogP contribution >= 0.6 is 0 Å². The Bertz CT molecular complexity index is 365. The number of pyridine rings is 1. The standard InChI is InChI=1S/C13H21N3O/c1-3-4-5-6-10(2)16-13(17)11-7-8-15-12(14)9-11/h7-10H,3-6H2,1-2H3,(H2,14,15)(H,16,17). The van der Waals surface area contributed by atoms with Gasteiger partial charge in [-0.05, 0) is 25.5 Å². The molecule has 0 fully saturated rings. The largest absolute Gasteiger partial charge is 0.384 e. The lowest BCUT2D eigenvalue weighted by molar-refractivity contribution is 0.0938. The first-order valence-corrected chi connectivity index (χ1v) is 6.16. The fraction of sp³-hybridized carbons (Fsp3) is 0.538. The number of hydrogen-bond acceptors (Lipinski definition) is 3. The first-order valence-electron chi connectivity index (χ1n) is 6.16. The summed E-state index contributed by atoms with van der Waals surface area (Å²) >= 11 is 0. The molecule has 4 nitrogen and oxygen atoms in total. The molecule has 94 valence electrons. The smallest absolute Gasteiger partial charge is 0.251 e. The van der Waals surface area contributed by atoms with E-state index >= 15 is 0 Å². The van der Waals surface area contributed by atoms with Crippen LogP contribution in [0.2, 0.25) is 0 Å². The summed E-state index contributed by atoms with van der Waals surface area (Å²) in [5, 5.41) is 2.96.